The lowest BCUT2D eigenvalue weighted by Gasteiger charge is -2.26. The molecule has 0 unspecified atom stereocenters. The molecule has 104 heavy (non-hydrogen) atoms. The molecule has 18 rings (SSSR count). The van der Waals surface area contributed by atoms with Gasteiger partial charge in [0.15, 0.2) is 0 Å². The number of hydrogen-bond acceptors (Lipinski definition) is 6. The van der Waals surface area contributed by atoms with Crippen LogP contribution in [-0.2, 0) is 0 Å². The van der Waals surface area contributed by atoms with Crippen LogP contribution in [0.15, 0.2) is 401 Å². The molecule has 3 heterocycles. The topological polar surface area (TPSA) is 59.5 Å². The number of pyridine rings is 1. The fourth-order valence-electron chi connectivity index (χ4n) is 15.1. The van der Waals surface area contributed by atoms with Crippen LogP contribution in [0.2, 0.25) is 0 Å². The summed E-state index contributed by atoms with van der Waals surface area (Å²) in [5, 5.41) is 14.9. The van der Waals surface area contributed by atoms with Gasteiger partial charge in [-0.05, 0) is 223 Å². The van der Waals surface area contributed by atoms with Crippen LogP contribution in [0.25, 0.3) is 88.4 Å². The third kappa shape index (κ3) is 11.5. The highest BCUT2D eigenvalue weighted by Crippen LogP contribution is 2.47. The predicted molar refractivity (Wildman–Crippen MR) is 433 cm³/mol. The Morgan fingerprint density at radius 3 is 0.740 bits per heavy atom. The smallest absolute Gasteiger partial charge is 0.0991 e. The van der Waals surface area contributed by atoms with Gasteiger partial charge in [0, 0.05) is 130 Å². The molecule has 0 aliphatic heterocycles. The summed E-state index contributed by atoms with van der Waals surface area (Å²) in [5.74, 6) is 0. The summed E-state index contributed by atoms with van der Waals surface area (Å²) in [7, 11) is 0. The first-order valence-corrected chi connectivity index (χ1v) is 35.0. The third-order valence-corrected chi connectivity index (χ3v) is 19.7. The highest BCUT2D eigenvalue weighted by molar-refractivity contribution is 6.14. The number of anilines is 12. The number of nitrogens with zero attached hydrogens (tertiary/aromatic N) is 8. The van der Waals surface area contributed by atoms with Crippen molar-refractivity contribution in [1.82, 2.24) is 14.1 Å². The zero-order chi connectivity index (χ0) is 69.3. The van der Waals surface area contributed by atoms with E-state index in [1.54, 1.807) is 0 Å². The van der Waals surface area contributed by atoms with Crippen molar-refractivity contribution < 1.29 is 0 Å². The predicted octanol–water partition coefficient (Wildman–Crippen LogP) is 26.0. The summed E-state index contributed by atoms with van der Waals surface area (Å²) in [6.07, 6.45) is 3.94. The lowest BCUT2D eigenvalue weighted by Crippen LogP contribution is -2.09. The normalized spacial score (nSPS) is 11.3. The maximum atomic E-state index is 10.4. The first kappa shape index (κ1) is 62.0. The molecule has 490 valence electrons. The molecule has 0 saturated carbocycles. The summed E-state index contributed by atoms with van der Waals surface area (Å²) in [4.78, 5) is 14.4. The van der Waals surface area contributed by atoms with Crippen molar-refractivity contribution in [3.05, 3.63) is 406 Å². The fourth-order valence-corrected chi connectivity index (χ4v) is 15.1. The SMILES string of the molecule is N#Cc1cccc(-c2c(-c3ccc(-n4c5ccc(N(c6ccccc6)c6ccccc6)cc5c5cc(N(c6ccccc6)c6ccccc6)ccc54)cc3)cncc2-c2ccc(-n3c4ccc(N(c5ccccc5)c5ccccc5)cc4c4cc(N(c5ccccc5)c5ccccc5)ccc43)cc2)c1. The number of nitriles is 1. The van der Waals surface area contributed by atoms with Crippen LogP contribution in [0, 0.1) is 11.3 Å². The molecular formula is C96H66N8. The van der Waals surface area contributed by atoms with E-state index in [2.05, 4.69) is 405 Å². The number of aromatic nitrogens is 3. The van der Waals surface area contributed by atoms with Crippen LogP contribution in [0.3, 0.4) is 0 Å². The van der Waals surface area contributed by atoms with E-state index >= 15 is 0 Å². The van der Waals surface area contributed by atoms with E-state index in [1.165, 1.54) is 0 Å². The molecule has 18 aromatic rings. The Morgan fingerprint density at radius 2 is 0.490 bits per heavy atom. The third-order valence-electron chi connectivity index (χ3n) is 19.7. The van der Waals surface area contributed by atoms with Gasteiger partial charge in [0.05, 0.1) is 33.7 Å². The molecule has 0 saturated heterocycles. The van der Waals surface area contributed by atoms with E-state index in [1.807, 2.05) is 30.6 Å². The Bertz CT molecular complexity index is 5360. The van der Waals surface area contributed by atoms with E-state index < -0.39 is 0 Å². The molecule has 0 aliphatic rings. The minimum absolute atomic E-state index is 0.579. The Hall–Kier alpha value is -14.3. The number of rotatable bonds is 17. The molecule has 0 bridgehead atoms. The van der Waals surface area contributed by atoms with Gasteiger partial charge in [0.2, 0.25) is 0 Å². The molecule has 8 nitrogen and oxygen atoms in total. The Labute approximate surface area is 604 Å². The van der Waals surface area contributed by atoms with Crippen molar-refractivity contribution in [2.45, 2.75) is 0 Å². The second kappa shape index (κ2) is 27.1. The fraction of sp³-hybridized carbons (Fsp3) is 0. The van der Waals surface area contributed by atoms with Crippen LogP contribution < -0.4 is 19.6 Å². The minimum atomic E-state index is 0.579. The Kier molecular flexibility index (Phi) is 16.2. The zero-order valence-electron chi connectivity index (χ0n) is 56.7. The number of fused-ring (bicyclic) bond motifs is 6. The van der Waals surface area contributed by atoms with Gasteiger partial charge in [0.1, 0.15) is 0 Å². The lowest BCUT2D eigenvalue weighted by molar-refractivity contribution is 1.18. The summed E-state index contributed by atoms with van der Waals surface area (Å²) < 4.78 is 4.78. The van der Waals surface area contributed by atoms with Crippen molar-refractivity contribution in [3.8, 4) is 50.8 Å². The van der Waals surface area contributed by atoms with Crippen molar-refractivity contribution in [2.75, 3.05) is 19.6 Å². The Balaban J connectivity index is 0.764. The molecule has 8 heteroatoms. The average Bonchev–Trinajstić information content (AvgIpc) is 1.57. The minimum Gasteiger partial charge on any atom is -0.310 e. The van der Waals surface area contributed by atoms with Gasteiger partial charge in [-0.3, -0.25) is 4.98 Å². The van der Waals surface area contributed by atoms with Gasteiger partial charge in [-0.2, -0.15) is 5.26 Å². The first-order valence-electron chi connectivity index (χ1n) is 35.0. The molecule has 0 aliphatic carbocycles. The molecule has 0 amide bonds. The highest BCUT2D eigenvalue weighted by atomic mass is 15.2. The number of para-hydroxylation sites is 8. The van der Waals surface area contributed by atoms with Crippen molar-refractivity contribution in [3.63, 3.8) is 0 Å². The quantitative estimate of drug-likeness (QED) is 0.0905. The molecule has 15 aromatic carbocycles. The van der Waals surface area contributed by atoms with Crippen molar-refractivity contribution in [1.29, 1.82) is 5.26 Å². The maximum Gasteiger partial charge on any atom is 0.0991 e. The molecule has 3 aromatic heterocycles. The van der Waals surface area contributed by atoms with Gasteiger partial charge in [-0.25, -0.2) is 0 Å². The van der Waals surface area contributed by atoms with Crippen molar-refractivity contribution >= 4 is 112 Å². The summed E-state index contributed by atoms with van der Waals surface area (Å²) in [6.45, 7) is 0. The first-order chi connectivity index (χ1) is 51.6. The highest BCUT2D eigenvalue weighted by Gasteiger charge is 2.25. The molecular weight excluding hydrogens is 1270 g/mol. The van der Waals surface area contributed by atoms with Crippen LogP contribution in [0.5, 0.6) is 0 Å². The van der Waals surface area contributed by atoms with Crippen LogP contribution in [0.1, 0.15) is 5.56 Å². The molecule has 0 fully saturated rings. The van der Waals surface area contributed by atoms with Crippen LogP contribution in [-0.4, -0.2) is 14.1 Å². The molecule has 0 atom stereocenters. The molecule has 0 radical (unpaired) electrons. The average molecular weight is 1330 g/mol. The molecule has 0 spiro atoms. The van der Waals surface area contributed by atoms with Gasteiger partial charge in [-0.1, -0.05) is 182 Å². The van der Waals surface area contributed by atoms with Crippen molar-refractivity contribution in [2.24, 2.45) is 0 Å². The standard InChI is InChI=1S/C96H66N8/c97-65-68-26-25-27-71(60-68)96-90(69-44-48-80(49-45-69)103-92-56-52-82(99(72-28-9-1-10-29-72)73-30-11-2-12-31-73)61-86(92)87-62-83(53-57-93(87)103)100(74-32-13-3-14-33-74)75-34-15-4-16-35-75)66-98-67-91(96)70-46-50-81(51-47-70)104-94-58-54-84(101(76-36-17-5-18-37-76)77-38-19-6-20-39-77)63-88(94)89-64-85(55-59-95(89)104)102(78-40-21-7-22-41-78)79-42-23-8-24-43-79/h1-64,66-67H. The zero-order valence-corrected chi connectivity index (χ0v) is 56.7. The maximum absolute atomic E-state index is 10.4. The van der Waals surface area contributed by atoms with Gasteiger partial charge in [-0.15, -0.1) is 0 Å². The lowest BCUT2D eigenvalue weighted by atomic mass is 9.89. The van der Waals surface area contributed by atoms with E-state index in [0.29, 0.717) is 5.56 Å². The van der Waals surface area contributed by atoms with Gasteiger partial charge < -0.3 is 28.7 Å². The van der Waals surface area contributed by atoms with E-state index in [-0.39, 0.29) is 0 Å². The van der Waals surface area contributed by atoms with Crippen LogP contribution >= 0.6 is 0 Å². The number of hydrogen-bond donors (Lipinski definition) is 0. The largest absolute Gasteiger partial charge is 0.310 e. The van der Waals surface area contributed by atoms with E-state index in [0.717, 1.165) is 157 Å². The number of benzene rings is 15. The second-order valence-corrected chi connectivity index (χ2v) is 25.9. The molecule has 0 N–H and O–H groups in total. The monoisotopic (exact) mass is 1330 g/mol. The van der Waals surface area contributed by atoms with E-state index in [9.17, 15) is 5.26 Å². The summed E-state index contributed by atoms with van der Waals surface area (Å²) >= 11 is 0. The Morgan fingerprint density at radius 1 is 0.231 bits per heavy atom. The van der Waals surface area contributed by atoms with Gasteiger partial charge in [0.25, 0.3) is 0 Å². The van der Waals surface area contributed by atoms with Gasteiger partial charge >= 0.3 is 0 Å². The summed E-state index contributed by atoms with van der Waals surface area (Å²) in [6, 6.07) is 140. The summed E-state index contributed by atoms with van der Waals surface area (Å²) in [5.41, 5.74) is 25.5. The second-order valence-electron chi connectivity index (χ2n) is 25.9. The van der Waals surface area contributed by atoms with E-state index in [4.69, 9.17) is 4.98 Å². The van der Waals surface area contributed by atoms with Crippen LogP contribution in [0.4, 0.5) is 68.2 Å².